The molecule has 0 radical (unpaired) electrons. The Labute approximate surface area is 255 Å². The van der Waals surface area contributed by atoms with Crippen LogP contribution in [0.1, 0.15) is 56.2 Å². The van der Waals surface area contributed by atoms with Crippen LogP contribution in [0.3, 0.4) is 0 Å². The van der Waals surface area contributed by atoms with Gasteiger partial charge in [-0.05, 0) is 78.4 Å². The van der Waals surface area contributed by atoms with Crippen molar-refractivity contribution >= 4 is 56.7 Å². The number of piperidine rings is 1. The molecule has 5 atom stereocenters. The Morgan fingerprint density at radius 2 is 1.63 bits per heavy atom. The Morgan fingerprint density at radius 3 is 2.22 bits per heavy atom. The molecule has 3 N–H and O–H groups in total. The van der Waals surface area contributed by atoms with Crippen LogP contribution in [0.4, 0.5) is 0 Å². The highest BCUT2D eigenvalue weighted by atomic mass is 35.5. The Kier molecular flexibility index (Phi) is 9.71. The van der Waals surface area contributed by atoms with E-state index in [4.69, 9.17) is 34.8 Å². The molecule has 7 nitrogen and oxygen atoms in total. The highest BCUT2D eigenvalue weighted by molar-refractivity contribution is 7.89. The number of sulfonamides is 1. The van der Waals surface area contributed by atoms with Crippen molar-refractivity contribution < 1.29 is 23.1 Å². The van der Waals surface area contributed by atoms with Gasteiger partial charge in [-0.2, -0.15) is 0 Å². The number of carbonyl (C=O) groups excluding carboxylic acids is 1. The minimum Gasteiger partial charge on any atom is -0.481 e. The van der Waals surface area contributed by atoms with Crippen molar-refractivity contribution in [3.05, 3.63) is 99.0 Å². The summed E-state index contributed by atoms with van der Waals surface area (Å²) in [6, 6.07) is 19.0. The number of amides is 1. The number of carboxylic acid groups (broad SMARTS) is 1. The molecule has 1 fully saturated rings. The minimum absolute atomic E-state index is 0.0701. The molecule has 11 heteroatoms. The highest BCUT2D eigenvalue weighted by Crippen LogP contribution is 2.44. The molecule has 3 aromatic rings. The molecule has 1 saturated heterocycles. The van der Waals surface area contributed by atoms with Crippen molar-refractivity contribution in [2.75, 3.05) is 0 Å². The summed E-state index contributed by atoms with van der Waals surface area (Å²) in [5.41, 5.74) is 0.451. The fraction of sp³-hybridized carbons (Fsp3) is 0.333. The van der Waals surface area contributed by atoms with Gasteiger partial charge >= 0.3 is 5.97 Å². The Balaban J connectivity index is 1.68. The van der Waals surface area contributed by atoms with Crippen LogP contribution in [0, 0.1) is 11.3 Å². The molecule has 0 bridgehead atoms. The maximum atomic E-state index is 13.4. The lowest BCUT2D eigenvalue weighted by Crippen LogP contribution is -2.56. The van der Waals surface area contributed by atoms with E-state index in [1.807, 2.05) is 25.1 Å². The van der Waals surface area contributed by atoms with E-state index < -0.39 is 33.5 Å². The van der Waals surface area contributed by atoms with E-state index in [2.05, 4.69) is 10.0 Å². The topological polar surface area (TPSA) is 113 Å². The molecule has 1 aliphatic rings. The van der Waals surface area contributed by atoms with E-state index in [1.165, 1.54) is 24.3 Å². The molecule has 0 spiro atoms. The van der Waals surface area contributed by atoms with E-state index in [-0.39, 0.29) is 29.1 Å². The second kappa shape index (κ2) is 12.7. The zero-order valence-corrected chi connectivity index (χ0v) is 25.6. The number of nitrogens with one attached hydrogen (secondary N) is 2. The quantitative estimate of drug-likeness (QED) is 0.225. The molecule has 4 rings (SSSR count). The number of carboxylic acids is 1. The first-order chi connectivity index (χ1) is 19.3. The van der Waals surface area contributed by atoms with Gasteiger partial charge in [0.2, 0.25) is 15.9 Å². The first-order valence-corrected chi connectivity index (χ1v) is 15.7. The normalized spacial score (nSPS) is 22.5. The van der Waals surface area contributed by atoms with Gasteiger partial charge in [-0.1, -0.05) is 72.9 Å². The predicted octanol–water partition coefficient (Wildman–Crippen LogP) is 6.85. The van der Waals surface area contributed by atoms with Gasteiger partial charge in [-0.3, -0.25) is 9.59 Å². The number of rotatable bonds is 10. The molecular formula is C30H31Cl3N2O5S. The van der Waals surface area contributed by atoms with Crippen LogP contribution in [0.5, 0.6) is 0 Å². The molecule has 41 heavy (non-hydrogen) atoms. The zero-order chi connectivity index (χ0) is 29.9. The summed E-state index contributed by atoms with van der Waals surface area (Å²) in [5, 5.41) is 14.1. The van der Waals surface area contributed by atoms with Gasteiger partial charge in [0.1, 0.15) is 0 Å². The van der Waals surface area contributed by atoms with Crippen molar-refractivity contribution in [1.82, 2.24) is 10.0 Å². The van der Waals surface area contributed by atoms with Crippen LogP contribution in [0.25, 0.3) is 0 Å². The number of aliphatic carboxylic acids is 1. The van der Waals surface area contributed by atoms with Crippen molar-refractivity contribution in [2.45, 2.75) is 56.0 Å². The lowest BCUT2D eigenvalue weighted by atomic mass is 9.67. The van der Waals surface area contributed by atoms with E-state index in [0.29, 0.717) is 33.5 Å². The molecule has 1 unspecified atom stereocenters. The summed E-state index contributed by atoms with van der Waals surface area (Å²) in [4.78, 5) is 25.0. The highest BCUT2D eigenvalue weighted by Gasteiger charge is 2.47. The monoisotopic (exact) mass is 636 g/mol. The van der Waals surface area contributed by atoms with Gasteiger partial charge in [0.05, 0.1) is 16.7 Å². The fourth-order valence-electron chi connectivity index (χ4n) is 5.55. The molecule has 0 aliphatic carbocycles. The van der Waals surface area contributed by atoms with Crippen molar-refractivity contribution in [2.24, 2.45) is 11.3 Å². The molecular weight excluding hydrogens is 607 g/mol. The average molecular weight is 638 g/mol. The minimum atomic E-state index is -3.94. The Hall–Kier alpha value is -2.62. The standard InChI is InChI=1S/C30H31Cl3N2O5S/c1-18(28-25(20-4-3-5-23(33)15-20)16-30(2,17-27(36)37)29(38)34-28)14-26(19-6-8-21(31)9-7-19)35-41(39,40)24-12-10-22(32)11-13-24/h3-13,15,18,25-26,28,35H,14,16-17H2,1-2H3,(H,34,38)(H,36,37)/t18?,25-,26+,28+,30+/m1/s1. The molecule has 1 aliphatic heterocycles. The fourth-order valence-corrected chi connectivity index (χ4v) is 7.24. The van der Waals surface area contributed by atoms with Gasteiger partial charge in [0.15, 0.2) is 0 Å². The molecule has 3 aromatic carbocycles. The van der Waals surface area contributed by atoms with Crippen LogP contribution in [-0.4, -0.2) is 31.4 Å². The van der Waals surface area contributed by atoms with Gasteiger partial charge in [-0.15, -0.1) is 0 Å². The van der Waals surface area contributed by atoms with Gasteiger partial charge in [-0.25, -0.2) is 13.1 Å². The maximum Gasteiger partial charge on any atom is 0.304 e. The third kappa shape index (κ3) is 7.62. The van der Waals surface area contributed by atoms with Crippen LogP contribution in [0.15, 0.2) is 77.7 Å². The van der Waals surface area contributed by atoms with Crippen LogP contribution in [0.2, 0.25) is 15.1 Å². The smallest absolute Gasteiger partial charge is 0.304 e. The third-order valence-electron chi connectivity index (χ3n) is 7.68. The van der Waals surface area contributed by atoms with E-state index >= 15 is 0 Å². The Bertz CT molecular complexity index is 1520. The molecule has 218 valence electrons. The first kappa shape index (κ1) is 31.3. The SMILES string of the molecule is CC(C[C@H](NS(=O)(=O)c1ccc(Cl)cc1)c1ccc(Cl)cc1)[C@@H]1NC(=O)[C@](C)(CC(=O)O)C[C@@H]1c1cccc(Cl)c1. The van der Waals surface area contributed by atoms with Gasteiger partial charge in [0.25, 0.3) is 0 Å². The number of hydrogen-bond donors (Lipinski definition) is 3. The molecule has 0 saturated carbocycles. The number of carbonyl (C=O) groups is 2. The van der Waals surface area contributed by atoms with Crippen LogP contribution < -0.4 is 10.0 Å². The molecule has 1 heterocycles. The van der Waals surface area contributed by atoms with Gasteiger partial charge in [0, 0.05) is 33.1 Å². The average Bonchev–Trinajstić information content (AvgIpc) is 2.90. The second-order valence-corrected chi connectivity index (χ2v) is 13.9. The first-order valence-electron chi connectivity index (χ1n) is 13.1. The van der Waals surface area contributed by atoms with E-state index in [9.17, 15) is 23.1 Å². The lowest BCUT2D eigenvalue weighted by molar-refractivity contribution is -0.147. The second-order valence-electron chi connectivity index (χ2n) is 10.9. The van der Waals surface area contributed by atoms with Crippen LogP contribution >= 0.6 is 34.8 Å². The van der Waals surface area contributed by atoms with Gasteiger partial charge < -0.3 is 10.4 Å². The Morgan fingerprint density at radius 1 is 1.02 bits per heavy atom. The number of benzene rings is 3. The summed E-state index contributed by atoms with van der Waals surface area (Å²) in [7, 11) is -3.94. The number of halogens is 3. The van der Waals surface area contributed by atoms with Crippen molar-refractivity contribution in [3.63, 3.8) is 0 Å². The summed E-state index contributed by atoms with van der Waals surface area (Å²) in [6.45, 7) is 3.60. The molecule has 0 aromatic heterocycles. The summed E-state index contributed by atoms with van der Waals surface area (Å²) < 4.78 is 29.6. The summed E-state index contributed by atoms with van der Waals surface area (Å²) in [6.07, 6.45) is 0.306. The van der Waals surface area contributed by atoms with E-state index in [0.717, 1.165) is 5.56 Å². The van der Waals surface area contributed by atoms with Crippen LogP contribution in [-0.2, 0) is 19.6 Å². The van der Waals surface area contributed by atoms with Crippen molar-refractivity contribution in [1.29, 1.82) is 0 Å². The summed E-state index contributed by atoms with van der Waals surface area (Å²) in [5.74, 6) is -1.91. The number of hydrogen-bond acceptors (Lipinski definition) is 4. The lowest BCUT2D eigenvalue weighted by Gasteiger charge is -2.45. The zero-order valence-electron chi connectivity index (χ0n) is 22.5. The largest absolute Gasteiger partial charge is 0.481 e. The summed E-state index contributed by atoms with van der Waals surface area (Å²) >= 11 is 18.4. The molecule has 1 amide bonds. The third-order valence-corrected chi connectivity index (χ3v) is 9.91. The predicted molar refractivity (Wildman–Crippen MR) is 161 cm³/mol. The van der Waals surface area contributed by atoms with Crippen molar-refractivity contribution in [3.8, 4) is 0 Å². The van der Waals surface area contributed by atoms with E-state index in [1.54, 1.807) is 37.3 Å². The maximum absolute atomic E-state index is 13.4.